The molecule has 11 nitrogen and oxygen atoms in total. The first kappa shape index (κ1) is 36.9. The third kappa shape index (κ3) is 12.5. The fraction of sp³-hybridized carbons (Fsp3) is 0.394. The van der Waals surface area contributed by atoms with Gasteiger partial charge < -0.3 is 44.0 Å². The summed E-state index contributed by atoms with van der Waals surface area (Å²) in [7, 11) is 0. The van der Waals surface area contributed by atoms with E-state index in [2.05, 4.69) is 5.32 Å². The van der Waals surface area contributed by atoms with E-state index in [1.54, 1.807) is 24.3 Å². The molecule has 4 rings (SSSR count). The number of nitrogens with one attached hydrogen (secondary N) is 1. The molecule has 1 aliphatic rings. The predicted molar refractivity (Wildman–Crippen MR) is 173 cm³/mol. The number of rotatable bonds is 15. The Balaban J connectivity index is 1.46. The molecule has 47 heavy (non-hydrogen) atoms. The molecule has 3 aromatic rings. The largest absolute Gasteiger partial charge is 0.459 e. The molecular weight excluding hydrogens is 677 g/mol. The number of carbonyl (C=O) groups is 2. The number of carbonyl (C=O) groups excluding carboxylic acids is 2. The van der Waals surface area contributed by atoms with E-state index in [4.69, 9.17) is 63.2 Å². The van der Waals surface area contributed by atoms with Gasteiger partial charge in [-0.2, -0.15) is 0 Å². The van der Waals surface area contributed by atoms with Crippen molar-refractivity contribution < 1.29 is 48.2 Å². The summed E-state index contributed by atoms with van der Waals surface area (Å²) in [6.45, 7) is -0.993. The summed E-state index contributed by atoms with van der Waals surface area (Å²) in [5, 5.41) is 24.4. The minimum Gasteiger partial charge on any atom is -0.459 e. The van der Waals surface area contributed by atoms with Crippen molar-refractivity contribution in [2.45, 2.75) is 60.4 Å². The van der Waals surface area contributed by atoms with Crippen LogP contribution in [0.15, 0.2) is 91.0 Å². The molecule has 0 saturated carbocycles. The van der Waals surface area contributed by atoms with Crippen LogP contribution in [0.4, 0.5) is 4.79 Å². The number of alkyl carbamates (subject to hydrolysis) is 1. The quantitative estimate of drug-likeness (QED) is 0.153. The van der Waals surface area contributed by atoms with Crippen molar-refractivity contribution >= 4 is 46.9 Å². The van der Waals surface area contributed by atoms with Gasteiger partial charge in [0.2, 0.25) is 3.79 Å². The van der Waals surface area contributed by atoms with Gasteiger partial charge in [0.1, 0.15) is 37.6 Å². The van der Waals surface area contributed by atoms with Gasteiger partial charge >= 0.3 is 12.1 Å². The highest BCUT2D eigenvalue weighted by Crippen LogP contribution is 2.27. The Bertz CT molecular complexity index is 1370. The average Bonchev–Trinajstić information content (AvgIpc) is 3.07. The standard InChI is InChI=1S/C33H36Cl3NO10/c34-33(35,36)21-46-32(41)37-25(30(40)44-18-24-14-8-3-9-15-24)19-45-31-29(43-17-23-12-6-2-7-13-23)28(39)27(38)26(47-31)20-42-16-22-10-4-1-5-11-22/h1-15,25-29,31,38-39H,16-21H2,(H,37,41)/t25-,26+,27-,28-,29+,31+/m0/s1. The van der Waals surface area contributed by atoms with Gasteiger partial charge in [-0.15, -0.1) is 0 Å². The summed E-state index contributed by atoms with van der Waals surface area (Å²) < 4.78 is 32.2. The molecule has 0 aliphatic carbocycles. The van der Waals surface area contributed by atoms with E-state index < -0.39 is 65.8 Å². The first-order valence-electron chi connectivity index (χ1n) is 14.7. The molecule has 14 heteroatoms. The smallest absolute Gasteiger partial charge is 0.408 e. The first-order chi connectivity index (χ1) is 22.6. The Morgan fingerprint density at radius 1 is 0.766 bits per heavy atom. The third-order valence-corrected chi connectivity index (χ3v) is 7.25. The summed E-state index contributed by atoms with van der Waals surface area (Å²) >= 11 is 17.0. The highest BCUT2D eigenvalue weighted by molar-refractivity contribution is 6.67. The van der Waals surface area contributed by atoms with Crippen molar-refractivity contribution in [1.82, 2.24) is 5.32 Å². The number of hydrogen-bond donors (Lipinski definition) is 3. The number of aliphatic hydroxyl groups excluding tert-OH is 2. The van der Waals surface area contributed by atoms with Crippen LogP contribution in [-0.2, 0) is 53.0 Å². The summed E-state index contributed by atoms with van der Waals surface area (Å²) in [6, 6.07) is 26.0. The Hall–Kier alpha value is -2.97. The number of benzene rings is 3. The minimum atomic E-state index is -1.88. The lowest BCUT2D eigenvalue weighted by Gasteiger charge is -2.42. The molecule has 0 radical (unpaired) electrons. The van der Waals surface area contributed by atoms with Crippen molar-refractivity contribution in [2.75, 3.05) is 19.8 Å². The van der Waals surface area contributed by atoms with E-state index in [-0.39, 0.29) is 26.4 Å². The van der Waals surface area contributed by atoms with E-state index in [1.807, 2.05) is 66.7 Å². The molecular formula is C33H36Cl3NO10. The van der Waals surface area contributed by atoms with Gasteiger partial charge in [-0.05, 0) is 16.7 Å². The number of alkyl halides is 3. The van der Waals surface area contributed by atoms with Crippen LogP contribution in [0.5, 0.6) is 0 Å². The lowest BCUT2D eigenvalue weighted by Crippen LogP contribution is -2.60. The molecule has 1 heterocycles. The SMILES string of the molecule is O=C(N[C@@H](CO[C@@H]1O[C@H](COCc2ccccc2)[C@H](O)[C@H](O)[C@H]1OCc1ccccc1)C(=O)OCc1ccccc1)OCC(Cl)(Cl)Cl. The summed E-state index contributed by atoms with van der Waals surface area (Å²) in [5.41, 5.74) is 2.40. The van der Waals surface area contributed by atoms with Gasteiger partial charge in [-0.3, -0.25) is 0 Å². The summed E-state index contributed by atoms with van der Waals surface area (Å²) in [4.78, 5) is 25.7. The maximum absolute atomic E-state index is 13.1. The van der Waals surface area contributed by atoms with Crippen LogP contribution in [0.1, 0.15) is 16.7 Å². The van der Waals surface area contributed by atoms with E-state index in [9.17, 15) is 19.8 Å². The van der Waals surface area contributed by atoms with E-state index in [0.717, 1.165) is 11.1 Å². The van der Waals surface area contributed by atoms with E-state index in [0.29, 0.717) is 5.56 Å². The molecule has 1 fully saturated rings. The highest BCUT2D eigenvalue weighted by Gasteiger charge is 2.46. The van der Waals surface area contributed by atoms with Crippen molar-refractivity contribution in [3.05, 3.63) is 108 Å². The second-order valence-corrected chi connectivity index (χ2v) is 13.1. The Labute approximate surface area is 287 Å². The van der Waals surface area contributed by atoms with Crippen molar-refractivity contribution in [3.8, 4) is 0 Å². The van der Waals surface area contributed by atoms with E-state index in [1.165, 1.54) is 0 Å². The molecule has 254 valence electrons. The van der Waals surface area contributed by atoms with Gasteiger partial charge in [0.25, 0.3) is 0 Å². The van der Waals surface area contributed by atoms with Gasteiger partial charge in [0.15, 0.2) is 12.3 Å². The number of aliphatic hydroxyl groups is 2. The van der Waals surface area contributed by atoms with Crippen LogP contribution in [0.2, 0.25) is 0 Å². The van der Waals surface area contributed by atoms with Crippen molar-refractivity contribution in [1.29, 1.82) is 0 Å². The van der Waals surface area contributed by atoms with E-state index >= 15 is 0 Å². The Morgan fingerprint density at radius 2 is 1.32 bits per heavy atom. The molecule has 0 aromatic heterocycles. The average molecular weight is 713 g/mol. The summed E-state index contributed by atoms with van der Waals surface area (Å²) in [5.74, 6) is -0.861. The molecule has 1 saturated heterocycles. The monoisotopic (exact) mass is 711 g/mol. The van der Waals surface area contributed by atoms with Crippen LogP contribution in [-0.4, -0.2) is 82.6 Å². The lowest BCUT2D eigenvalue weighted by atomic mass is 9.99. The maximum Gasteiger partial charge on any atom is 0.408 e. The zero-order valence-electron chi connectivity index (χ0n) is 25.2. The zero-order chi connectivity index (χ0) is 33.6. The number of esters is 1. The normalized spacial score (nSPS) is 21.9. The fourth-order valence-electron chi connectivity index (χ4n) is 4.51. The van der Waals surface area contributed by atoms with Crippen LogP contribution in [0.3, 0.4) is 0 Å². The molecule has 0 unspecified atom stereocenters. The van der Waals surface area contributed by atoms with Crippen molar-refractivity contribution in [3.63, 3.8) is 0 Å². The molecule has 6 atom stereocenters. The van der Waals surface area contributed by atoms with Crippen LogP contribution in [0.25, 0.3) is 0 Å². The molecule has 3 aromatic carbocycles. The highest BCUT2D eigenvalue weighted by atomic mass is 35.6. The lowest BCUT2D eigenvalue weighted by molar-refractivity contribution is -0.314. The third-order valence-electron chi connectivity index (χ3n) is 6.92. The summed E-state index contributed by atoms with van der Waals surface area (Å²) in [6.07, 6.45) is -7.48. The Kier molecular flexibility index (Phi) is 14.5. The second kappa shape index (κ2) is 18.5. The van der Waals surface area contributed by atoms with Gasteiger partial charge in [0.05, 0.1) is 26.4 Å². The van der Waals surface area contributed by atoms with Crippen LogP contribution >= 0.6 is 34.8 Å². The number of hydrogen-bond acceptors (Lipinski definition) is 10. The first-order valence-corrected chi connectivity index (χ1v) is 15.8. The fourth-order valence-corrected chi connectivity index (χ4v) is 4.67. The molecule has 0 bridgehead atoms. The van der Waals surface area contributed by atoms with Gasteiger partial charge in [-0.1, -0.05) is 126 Å². The van der Waals surface area contributed by atoms with Gasteiger partial charge in [0, 0.05) is 0 Å². The van der Waals surface area contributed by atoms with Crippen LogP contribution < -0.4 is 5.32 Å². The molecule has 3 N–H and O–H groups in total. The maximum atomic E-state index is 13.1. The molecule has 0 spiro atoms. The Morgan fingerprint density at radius 3 is 1.89 bits per heavy atom. The van der Waals surface area contributed by atoms with Crippen molar-refractivity contribution in [2.24, 2.45) is 0 Å². The zero-order valence-corrected chi connectivity index (χ0v) is 27.4. The van der Waals surface area contributed by atoms with Gasteiger partial charge in [-0.25, -0.2) is 9.59 Å². The number of halogens is 3. The van der Waals surface area contributed by atoms with Crippen LogP contribution in [0, 0.1) is 0 Å². The minimum absolute atomic E-state index is 0.0534. The molecule has 1 amide bonds. The second-order valence-electron chi connectivity index (χ2n) is 10.6. The topological polar surface area (TPSA) is 142 Å². The molecule has 1 aliphatic heterocycles. The number of amides is 1. The predicted octanol–water partition coefficient (Wildman–Crippen LogP) is 4.46. The number of ether oxygens (including phenoxy) is 6.